The van der Waals surface area contributed by atoms with Crippen molar-refractivity contribution in [2.24, 2.45) is 0 Å². The van der Waals surface area contributed by atoms with Gasteiger partial charge in [-0.1, -0.05) is 18.2 Å². The van der Waals surface area contributed by atoms with Gasteiger partial charge in [0.25, 0.3) is 0 Å². The number of pyridine rings is 1. The van der Waals surface area contributed by atoms with E-state index in [1.54, 1.807) is 12.1 Å². The highest BCUT2D eigenvalue weighted by Gasteiger charge is 2.22. The molecule has 0 aliphatic heterocycles. The number of H-pyrrole nitrogens is 1. The van der Waals surface area contributed by atoms with Crippen molar-refractivity contribution in [2.75, 3.05) is 24.3 Å². The number of benzene rings is 2. The number of nitrogens with zero attached hydrogens (tertiary/aromatic N) is 3. The summed E-state index contributed by atoms with van der Waals surface area (Å²) in [5, 5.41) is 15.9. The van der Waals surface area contributed by atoms with Crippen molar-refractivity contribution in [2.45, 2.75) is 44.3 Å². The molecule has 1 saturated carbocycles. The quantitative estimate of drug-likeness (QED) is 0.349. The van der Waals surface area contributed by atoms with Crippen molar-refractivity contribution >= 4 is 22.4 Å². The molecule has 4 aromatic rings. The molecule has 2 heterocycles. The van der Waals surface area contributed by atoms with Crippen LogP contribution in [0.5, 0.6) is 0 Å². The minimum Gasteiger partial charge on any atom is -0.377 e. The van der Waals surface area contributed by atoms with Crippen LogP contribution in [0.2, 0.25) is 0 Å². The van der Waals surface area contributed by atoms with Gasteiger partial charge in [0.15, 0.2) is 0 Å². The molecule has 0 unspecified atom stereocenters. The largest absolute Gasteiger partial charge is 0.377 e. The zero-order chi connectivity index (χ0) is 23.5. The summed E-state index contributed by atoms with van der Waals surface area (Å²) in [6, 6.07) is 17.8. The van der Waals surface area contributed by atoms with Gasteiger partial charge in [-0.25, -0.2) is 9.37 Å². The van der Waals surface area contributed by atoms with Gasteiger partial charge in [0.2, 0.25) is 0 Å². The van der Waals surface area contributed by atoms with Crippen LogP contribution in [-0.2, 0) is 6.54 Å². The summed E-state index contributed by atoms with van der Waals surface area (Å²) >= 11 is 0. The van der Waals surface area contributed by atoms with Crippen molar-refractivity contribution in [3.63, 3.8) is 0 Å². The normalized spacial score (nSPS) is 18.2. The third-order valence-electron chi connectivity index (χ3n) is 6.67. The summed E-state index contributed by atoms with van der Waals surface area (Å²) in [6.45, 7) is 0.740. The topological polar surface area (TPSA) is 68.9 Å². The fraction of sp³-hybridized carbons (Fsp3) is 0.333. The van der Waals surface area contributed by atoms with E-state index in [9.17, 15) is 4.39 Å². The minimum atomic E-state index is -0.235. The lowest BCUT2D eigenvalue weighted by atomic mass is 9.91. The molecular weight excluding hydrogens is 427 g/mol. The molecule has 0 amide bonds. The first-order valence-electron chi connectivity index (χ1n) is 11.9. The van der Waals surface area contributed by atoms with Crippen LogP contribution in [0.25, 0.3) is 22.2 Å². The van der Waals surface area contributed by atoms with Crippen molar-refractivity contribution in [3.05, 3.63) is 72.2 Å². The maximum atomic E-state index is 13.3. The molecule has 5 rings (SSSR count). The van der Waals surface area contributed by atoms with Crippen LogP contribution in [0.3, 0.4) is 0 Å². The highest BCUT2D eigenvalue weighted by Crippen LogP contribution is 2.29. The van der Waals surface area contributed by atoms with E-state index in [0.717, 1.165) is 60.4 Å². The van der Waals surface area contributed by atoms with Gasteiger partial charge in [-0.2, -0.15) is 5.10 Å². The first kappa shape index (κ1) is 22.3. The predicted octanol–water partition coefficient (Wildman–Crippen LogP) is 5.34. The fourth-order valence-electron chi connectivity index (χ4n) is 4.81. The van der Waals surface area contributed by atoms with E-state index in [1.807, 2.05) is 12.3 Å². The van der Waals surface area contributed by atoms with Gasteiger partial charge in [0.1, 0.15) is 11.6 Å². The molecule has 1 aliphatic rings. The lowest BCUT2D eigenvalue weighted by molar-refractivity contribution is 0.352. The third-order valence-corrected chi connectivity index (χ3v) is 6.67. The Balaban J connectivity index is 1.17. The van der Waals surface area contributed by atoms with Gasteiger partial charge in [-0.3, -0.25) is 5.10 Å². The second-order valence-electron chi connectivity index (χ2n) is 9.28. The Labute approximate surface area is 199 Å². The van der Waals surface area contributed by atoms with Crippen LogP contribution in [0.1, 0.15) is 31.2 Å². The summed E-state index contributed by atoms with van der Waals surface area (Å²) in [4.78, 5) is 7.00. The monoisotopic (exact) mass is 458 g/mol. The zero-order valence-electron chi connectivity index (χ0n) is 19.7. The SMILES string of the molecule is CN(C)c1cc(N[C@H]2CC[C@@H](NCc3c[nH]nc3-c3ccc(F)cc3)CC2)nc2ccccc12. The molecule has 176 valence electrons. The van der Waals surface area contributed by atoms with Gasteiger partial charge in [-0.15, -0.1) is 0 Å². The summed E-state index contributed by atoms with van der Waals surface area (Å²) in [5.74, 6) is 0.710. The number of nitrogens with one attached hydrogen (secondary N) is 3. The molecular formula is C27H31FN6. The van der Waals surface area contributed by atoms with Crippen LogP contribution in [0, 0.1) is 5.82 Å². The molecule has 0 spiro atoms. The lowest BCUT2D eigenvalue weighted by Crippen LogP contribution is -2.36. The molecule has 0 bridgehead atoms. The molecule has 0 atom stereocenters. The van der Waals surface area contributed by atoms with Crippen LogP contribution >= 0.6 is 0 Å². The molecule has 1 fully saturated rings. The first-order chi connectivity index (χ1) is 16.6. The number of hydrogen-bond acceptors (Lipinski definition) is 5. The second kappa shape index (κ2) is 9.81. The molecule has 34 heavy (non-hydrogen) atoms. The van der Waals surface area contributed by atoms with E-state index < -0.39 is 0 Å². The van der Waals surface area contributed by atoms with E-state index >= 15 is 0 Å². The van der Waals surface area contributed by atoms with E-state index in [-0.39, 0.29) is 5.82 Å². The molecule has 7 heteroatoms. The highest BCUT2D eigenvalue weighted by atomic mass is 19.1. The van der Waals surface area contributed by atoms with Crippen LogP contribution < -0.4 is 15.5 Å². The van der Waals surface area contributed by atoms with Gasteiger partial charge < -0.3 is 15.5 Å². The standard InChI is InChI=1S/C27H31FN6/c1-34(2)25-15-26(32-24-6-4-3-5-23(24)25)31-22-13-11-21(12-14-22)29-16-19-17-30-33-27(19)18-7-9-20(28)10-8-18/h3-10,15,17,21-22,29H,11-14,16H2,1-2H3,(H,30,33)(H,31,32)/t21-,22+. The average Bonchev–Trinajstić information content (AvgIpc) is 3.32. The Morgan fingerprint density at radius 2 is 1.74 bits per heavy atom. The molecule has 2 aromatic carbocycles. The number of fused-ring (bicyclic) bond motifs is 1. The predicted molar refractivity (Wildman–Crippen MR) is 137 cm³/mol. The van der Waals surface area contributed by atoms with Crippen molar-refractivity contribution in [3.8, 4) is 11.3 Å². The number of aromatic amines is 1. The van der Waals surface area contributed by atoms with E-state index in [4.69, 9.17) is 4.98 Å². The van der Waals surface area contributed by atoms with E-state index in [0.29, 0.717) is 12.1 Å². The second-order valence-corrected chi connectivity index (χ2v) is 9.28. The number of halogens is 1. The number of rotatable bonds is 7. The fourth-order valence-corrected chi connectivity index (χ4v) is 4.81. The van der Waals surface area contributed by atoms with Gasteiger partial charge >= 0.3 is 0 Å². The smallest absolute Gasteiger partial charge is 0.128 e. The number of para-hydroxylation sites is 1. The van der Waals surface area contributed by atoms with Crippen LogP contribution in [-0.4, -0.2) is 41.4 Å². The van der Waals surface area contributed by atoms with Crippen LogP contribution in [0.15, 0.2) is 60.8 Å². The maximum absolute atomic E-state index is 13.3. The summed E-state index contributed by atoms with van der Waals surface area (Å²) in [6.07, 6.45) is 6.33. The number of aromatic nitrogens is 3. The highest BCUT2D eigenvalue weighted by molar-refractivity contribution is 5.93. The first-order valence-corrected chi connectivity index (χ1v) is 11.9. The summed E-state index contributed by atoms with van der Waals surface area (Å²) < 4.78 is 13.3. The van der Waals surface area contributed by atoms with Gasteiger partial charge in [0, 0.05) is 67.2 Å². The molecule has 0 radical (unpaired) electrons. The van der Waals surface area contributed by atoms with Gasteiger partial charge in [-0.05, 0) is 56.0 Å². The molecule has 6 nitrogen and oxygen atoms in total. The number of hydrogen-bond donors (Lipinski definition) is 3. The van der Waals surface area contributed by atoms with Crippen molar-refractivity contribution < 1.29 is 4.39 Å². The maximum Gasteiger partial charge on any atom is 0.128 e. The molecule has 0 saturated heterocycles. The molecule has 2 aromatic heterocycles. The Kier molecular flexibility index (Phi) is 6.45. The Morgan fingerprint density at radius 3 is 2.50 bits per heavy atom. The molecule has 3 N–H and O–H groups in total. The van der Waals surface area contributed by atoms with Crippen molar-refractivity contribution in [1.29, 1.82) is 0 Å². The summed E-state index contributed by atoms with van der Waals surface area (Å²) in [5.41, 5.74) is 5.10. The third kappa shape index (κ3) is 4.89. The van der Waals surface area contributed by atoms with Crippen LogP contribution in [0.4, 0.5) is 15.9 Å². The van der Waals surface area contributed by atoms with Gasteiger partial charge in [0.05, 0.1) is 11.2 Å². The Morgan fingerprint density at radius 1 is 1.00 bits per heavy atom. The zero-order valence-corrected chi connectivity index (χ0v) is 19.7. The van der Waals surface area contributed by atoms with E-state index in [1.165, 1.54) is 23.2 Å². The minimum absolute atomic E-state index is 0.235. The number of anilines is 2. The average molecular weight is 459 g/mol. The summed E-state index contributed by atoms with van der Waals surface area (Å²) in [7, 11) is 4.15. The Bertz CT molecular complexity index is 1240. The van der Waals surface area contributed by atoms with Crippen molar-refractivity contribution in [1.82, 2.24) is 20.5 Å². The van der Waals surface area contributed by atoms with E-state index in [2.05, 4.69) is 64.1 Å². The lowest BCUT2D eigenvalue weighted by Gasteiger charge is -2.30. The Hall–Kier alpha value is -3.45. The molecule has 1 aliphatic carbocycles.